The summed E-state index contributed by atoms with van der Waals surface area (Å²) in [4.78, 5) is 13.4. The summed E-state index contributed by atoms with van der Waals surface area (Å²) in [6, 6.07) is 7.61. The van der Waals surface area contributed by atoms with Crippen LogP contribution in [-0.4, -0.2) is 30.4 Å². The zero-order valence-corrected chi connectivity index (χ0v) is 9.48. The number of primary amides is 1. The molecule has 0 unspecified atom stereocenters. The first-order chi connectivity index (χ1) is 7.75. The van der Waals surface area contributed by atoms with Crippen LogP contribution in [0, 0.1) is 0 Å². The summed E-state index contributed by atoms with van der Waals surface area (Å²) in [6.45, 7) is 3.59. The Morgan fingerprint density at radius 1 is 1.19 bits per heavy atom. The maximum absolute atomic E-state index is 10.9. The predicted molar refractivity (Wildman–Crippen MR) is 64.3 cm³/mol. The third kappa shape index (κ3) is 2.83. The largest absolute Gasteiger partial charge is 0.366 e. The van der Waals surface area contributed by atoms with E-state index >= 15 is 0 Å². The quantitative estimate of drug-likeness (QED) is 0.831. The molecule has 0 aliphatic carbocycles. The van der Waals surface area contributed by atoms with E-state index < -0.39 is 0 Å². The molecule has 1 aromatic rings. The summed E-state index contributed by atoms with van der Waals surface area (Å²) in [5, 5.41) is 0. The molecule has 0 aromatic heterocycles. The molecule has 0 radical (unpaired) electrons. The van der Waals surface area contributed by atoms with Crippen LogP contribution in [0.15, 0.2) is 24.3 Å². The van der Waals surface area contributed by atoms with E-state index in [0.29, 0.717) is 5.56 Å². The van der Waals surface area contributed by atoms with Gasteiger partial charge in [-0.2, -0.15) is 0 Å². The smallest absolute Gasteiger partial charge is 0.248 e. The first-order valence-corrected chi connectivity index (χ1v) is 5.87. The Labute approximate surface area is 96.2 Å². The van der Waals surface area contributed by atoms with Gasteiger partial charge in [0.05, 0.1) is 0 Å². The first-order valence-electron chi connectivity index (χ1n) is 5.87. The molecule has 1 heterocycles. The number of amides is 1. The summed E-state index contributed by atoms with van der Waals surface area (Å²) >= 11 is 0. The summed E-state index contributed by atoms with van der Waals surface area (Å²) in [7, 11) is 0. The second kappa shape index (κ2) is 5.12. The minimum Gasteiger partial charge on any atom is -0.366 e. The van der Waals surface area contributed by atoms with Gasteiger partial charge in [0.2, 0.25) is 5.91 Å². The fraction of sp³-hybridized carbons (Fsp3) is 0.462. The maximum Gasteiger partial charge on any atom is 0.248 e. The van der Waals surface area contributed by atoms with E-state index in [-0.39, 0.29) is 5.91 Å². The fourth-order valence-corrected chi connectivity index (χ4v) is 2.13. The van der Waals surface area contributed by atoms with Crippen LogP contribution in [0.1, 0.15) is 28.8 Å². The van der Waals surface area contributed by atoms with E-state index in [1.54, 1.807) is 0 Å². The molecule has 0 bridgehead atoms. The van der Waals surface area contributed by atoms with Gasteiger partial charge in [-0.05, 0) is 50.0 Å². The molecule has 16 heavy (non-hydrogen) atoms. The van der Waals surface area contributed by atoms with Gasteiger partial charge < -0.3 is 10.6 Å². The van der Waals surface area contributed by atoms with Gasteiger partial charge in [-0.15, -0.1) is 0 Å². The molecule has 86 valence electrons. The van der Waals surface area contributed by atoms with E-state index in [9.17, 15) is 4.79 Å². The molecule has 0 saturated carbocycles. The lowest BCUT2D eigenvalue weighted by atomic mass is 10.1. The van der Waals surface area contributed by atoms with E-state index in [2.05, 4.69) is 4.90 Å². The van der Waals surface area contributed by atoms with Crippen molar-refractivity contribution in [1.82, 2.24) is 4.90 Å². The number of benzene rings is 1. The molecule has 1 aliphatic heterocycles. The summed E-state index contributed by atoms with van der Waals surface area (Å²) < 4.78 is 0. The lowest BCUT2D eigenvalue weighted by molar-refractivity contribution is 0.100. The van der Waals surface area contributed by atoms with Gasteiger partial charge in [-0.3, -0.25) is 4.79 Å². The second-order valence-corrected chi connectivity index (χ2v) is 4.36. The highest BCUT2D eigenvalue weighted by Crippen LogP contribution is 2.10. The number of hydrogen-bond donors (Lipinski definition) is 1. The van der Waals surface area contributed by atoms with E-state index in [0.717, 1.165) is 13.0 Å². The molecule has 2 N–H and O–H groups in total. The highest BCUT2D eigenvalue weighted by Gasteiger charge is 2.10. The Balaban J connectivity index is 1.87. The normalized spacial score (nSPS) is 16.5. The standard InChI is InChI=1S/C13H18N2O/c14-13(16)12-5-3-11(4-6-12)7-10-15-8-1-2-9-15/h3-6H,1-2,7-10H2,(H2,14,16). The SMILES string of the molecule is NC(=O)c1ccc(CCN2CCCC2)cc1. The lowest BCUT2D eigenvalue weighted by Crippen LogP contribution is -2.21. The van der Waals surface area contributed by atoms with Gasteiger partial charge in [-0.1, -0.05) is 12.1 Å². The van der Waals surface area contributed by atoms with Crippen molar-refractivity contribution in [3.05, 3.63) is 35.4 Å². The van der Waals surface area contributed by atoms with Gasteiger partial charge in [0, 0.05) is 12.1 Å². The predicted octanol–water partition coefficient (Wildman–Crippen LogP) is 1.42. The van der Waals surface area contributed by atoms with Crippen molar-refractivity contribution in [2.75, 3.05) is 19.6 Å². The zero-order valence-electron chi connectivity index (χ0n) is 9.48. The molecule has 2 rings (SSSR count). The topological polar surface area (TPSA) is 46.3 Å². The molecule has 0 spiro atoms. The second-order valence-electron chi connectivity index (χ2n) is 4.36. The van der Waals surface area contributed by atoms with E-state index in [1.165, 1.54) is 31.5 Å². The summed E-state index contributed by atoms with van der Waals surface area (Å²) in [5.74, 6) is -0.355. The number of nitrogens with zero attached hydrogens (tertiary/aromatic N) is 1. The number of nitrogens with two attached hydrogens (primary N) is 1. The third-order valence-electron chi connectivity index (χ3n) is 3.15. The fourth-order valence-electron chi connectivity index (χ4n) is 2.13. The van der Waals surface area contributed by atoms with Crippen LogP contribution in [0.5, 0.6) is 0 Å². The van der Waals surface area contributed by atoms with Crippen LogP contribution in [0.2, 0.25) is 0 Å². The van der Waals surface area contributed by atoms with Gasteiger partial charge in [0.15, 0.2) is 0 Å². The highest BCUT2D eigenvalue weighted by molar-refractivity contribution is 5.92. The van der Waals surface area contributed by atoms with Crippen LogP contribution < -0.4 is 5.73 Å². The van der Waals surface area contributed by atoms with Crippen LogP contribution in [0.3, 0.4) is 0 Å². The summed E-state index contributed by atoms with van der Waals surface area (Å²) in [5.41, 5.74) is 7.05. The van der Waals surface area contributed by atoms with Crippen molar-refractivity contribution in [1.29, 1.82) is 0 Å². The van der Waals surface area contributed by atoms with Crippen molar-refractivity contribution in [2.24, 2.45) is 5.73 Å². The summed E-state index contributed by atoms with van der Waals surface area (Å²) in [6.07, 6.45) is 3.72. The lowest BCUT2D eigenvalue weighted by Gasteiger charge is -2.14. The molecule has 1 aromatic carbocycles. The molecular weight excluding hydrogens is 200 g/mol. The van der Waals surface area contributed by atoms with E-state index in [1.807, 2.05) is 24.3 Å². The third-order valence-corrected chi connectivity index (χ3v) is 3.15. The van der Waals surface area contributed by atoms with Crippen molar-refractivity contribution in [3.8, 4) is 0 Å². The van der Waals surface area contributed by atoms with Crippen LogP contribution in [0.25, 0.3) is 0 Å². The van der Waals surface area contributed by atoms with Gasteiger partial charge in [0.1, 0.15) is 0 Å². The minimum atomic E-state index is -0.355. The molecule has 1 saturated heterocycles. The molecule has 1 amide bonds. The number of hydrogen-bond acceptors (Lipinski definition) is 2. The molecule has 1 aliphatic rings. The molecular formula is C13H18N2O. The number of likely N-dealkylation sites (tertiary alicyclic amines) is 1. The molecule has 3 nitrogen and oxygen atoms in total. The van der Waals surface area contributed by atoms with Crippen LogP contribution in [0.4, 0.5) is 0 Å². The highest BCUT2D eigenvalue weighted by atomic mass is 16.1. The maximum atomic E-state index is 10.9. The first kappa shape index (κ1) is 11.1. The molecule has 1 fully saturated rings. The number of carbonyl (C=O) groups excluding carboxylic acids is 1. The van der Waals surface area contributed by atoms with Crippen molar-refractivity contribution in [2.45, 2.75) is 19.3 Å². The van der Waals surface area contributed by atoms with Crippen LogP contribution in [-0.2, 0) is 6.42 Å². The van der Waals surface area contributed by atoms with Crippen LogP contribution >= 0.6 is 0 Å². The van der Waals surface area contributed by atoms with Gasteiger partial charge >= 0.3 is 0 Å². The minimum absolute atomic E-state index is 0.355. The van der Waals surface area contributed by atoms with Gasteiger partial charge in [0.25, 0.3) is 0 Å². The zero-order chi connectivity index (χ0) is 11.4. The number of carbonyl (C=O) groups is 1. The van der Waals surface area contributed by atoms with E-state index in [4.69, 9.17) is 5.73 Å². The monoisotopic (exact) mass is 218 g/mol. The molecule has 3 heteroatoms. The Kier molecular flexibility index (Phi) is 3.57. The Morgan fingerprint density at radius 3 is 2.38 bits per heavy atom. The number of rotatable bonds is 4. The van der Waals surface area contributed by atoms with Crippen molar-refractivity contribution >= 4 is 5.91 Å². The van der Waals surface area contributed by atoms with Crippen molar-refractivity contribution < 1.29 is 4.79 Å². The van der Waals surface area contributed by atoms with Crippen molar-refractivity contribution in [3.63, 3.8) is 0 Å². The van der Waals surface area contributed by atoms with Gasteiger partial charge in [-0.25, -0.2) is 0 Å². The Bertz CT molecular complexity index is 353. The average molecular weight is 218 g/mol. The average Bonchev–Trinajstić information content (AvgIpc) is 2.80. The Hall–Kier alpha value is -1.35. The molecule has 0 atom stereocenters. The Morgan fingerprint density at radius 2 is 1.81 bits per heavy atom.